The molecule has 0 N–H and O–H groups in total. The van der Waals surface area contributed by atoms with Crippen molar-refractivity contribution in [2.45, 2.75) is 0 Å². The molecule has 0 aromatic heterocycles. The van der Waals surface area contributed by atoms with Gasteiger partial charge in [0.2, 0.25) is 0 Å². The molecule has 210 valence electrons. The molecule has 0 heterocycles. The molecule has 0 bridgehead atoms. The minimum absolute atomic E-state index is 1.13. The largest absolute Gasteiger partial charge is 0.309 e. The smallest absolute Gasteiger partial charge is 0.0546 e. The fourth-order valence-corrected chi connectivity index (χ4v) is 7.02. The standard InChI is InChI=1S/C44H29N/c1-2-12-32-27-33(22-21-30(32)11-1)31-23-25-36(26-24-31)45(43-28-34-13-3-5-15-37(34)39-17-7-9-19-41(39)43)44-29-35-14-4-6-16-38(35)40-18-8-10-20-42(40)44/h1-29H. The predicted molar refractivity (Wildman–Crippen MR) is 194 cm³/mol. The molecule has 0 atom stereocenters. The Bertz CT molecular complexity index is 2420. The molecule has 0 radical (unpaired) electrons. The van der Waals surface area contributed by atoms with Crippen molar-refractivity contribution in [1.29, 1.82) is 0 Å². The lowest BCUT2D eigenvalue weighted by Gasteiger charge is -2.29. The van der Waals surface area contributed by atoms with Crippen LogP contribution in [0.15, 0.2) is 176 Å². The molecule has 0 amide bonds. The van der Waals surface area contributed by atoms with Gasteiger partial charge in [0.25, 0.3) is 0 Å². The highest BCUT2D eigenvalue weighted by Crippen LogP contribution is 2.46. The van der Waals surface area contributed by atoms with E-state index in [1.807, 2.05) is 0 Å². The number of benzene rings is 9. The molecule has 0 spiro atoms. The third-order valence-corrected chi connectivity index (χ3v) is 9.18. The first-order chi connectivity index (χ1) is 22.3. The Morgan fingerprint density at radius 1 is 0.267 bits per heavy atom. The monoisotopic (exact) mass is 571 g/mol. The molecular formula is C44H29N. The van der Waals surface area contributed by atoms with Crippen LogP contribution in [-0.2, 0) is 0 Å². The van der Waals surface area contributed by atoms with E-state index in [0.29, 0.717) is 0 Å². The van der Waals surface area contributed by atoms with Crippen LogP contribution in [0.1, 0.15) is 0 Å². The summed E-state index contributed by atoms with van der Waals surface area (Å²) in [5.41, 5.74) is 5.89. The summed E-state index contributed by atoms with van der Waals surface area (Å²) in [6.07, 6.45) is 0. The van der Waals surface area contributed by atoms with E-state index in [1.54, 1.807) is 0 Å². The van der Waals surface area contributed by atoms with Crippen LogP contribution in [0.3, 0.4) is 0 Å². The van der Waals surface area contributed by atoms with E-state index in [4.69, 9.17) is 0 Å². The topological polar surface area (TPSA) is 3.24 Å². The molecule has 0 aliphatic heterocycles. The molecule has 0 aliphatic carbocycles. The summed E-state index contributed by atoms with van der Waals surface area (Å²) in [6, 6.07) is 64.2. The first-order valence-corrected chi connectivity index (χ1v) is 15.5. The van der Waals surface area contributed by atoms with Gasteiger partial charge in [-0.1, -0.05) is 146 Å². The molecule has 1 heteroatoms. The average Bonchev–Trinajstić information content (AvgIpc) is 3.12. The van der Waals surface area contributed by atoms with Crippen LogP contribution >= 0.6 is 0 Å². The van der Waals surface area contributed by atoms with Gasteiger partial charge in [-0.25, -0.2) is 0 Å². The van der Waals surface area contributed by atoms with Crippen LogP contribution in [0.4, 0.5) is 17.1 Å². The van der Waals surface area contributed by atoms with E-state index in [2.05, 4.69) is 181 Å². The highest BCUT2D eigenvalue weighted by molar-refractivity contribution is 6.18. The molecule has 0 saturated carbocycles. The van der Waals surface area contributed by atoms with Crippen LogP contribution in [0.5, 0.6) is 0 Å². The van der Waals surface area contributed by atoms with Crippen molar-refractivity contribution < 1.29 is 0 Å². The summed E-state index contributed by atoms with van der Waals surface area (Å²) >= 11 is 0. The summed E-state index contributed by atoms with van der Waals surface area (Å²) in [6.45, 7) is 0. The van der Waals surface area contributed by atoms with Gasteiger partial charge >= 0.3 is 0 Å². The van der Waals surface area contributed by atoms with Gasteiger partial charge < -0.3 is 4.90 Å². The van der Waals surface area contributed by atoms with E-state index >= 15 is 0 Å². The molecule has 0 aliphatic rings. The SMILES string of the molecule is c1ccc2cc(-c3ccc(N(c4cc5ccccc5c5ccccc45)c4cc5ccccc5c5ccccc45)cc3)ccc2c1. The highest BCUT2D eigenvalue weighted by atomic mass is 15.1. The third kappa shape index (κ3) is 4.24. The molecule has 0 fully saturated rings. The Morgan fingerprint density at radius 3 is 1.24 bits per heavy atom. The van der Waals surface area contributed by atoms with E-state index < -0.39 is 0 Å². The number of hydrogen-bond donors (Lipinski definition) is 0. The molecule has 9 aromatic carbocycles. The number of rotatable bonds is 4. The van der Waals surface area contributed by atoms with Crippen LogP contribution < -0.4 is 4.90 Å². The zero-order valence-electron chi connectivity index (χ0n) is 24.7. The van der Waals surface area contributed by atoms with Crippen molar-refractivity contribution >= 4 is 70.9 Å². The average molecular weight is 572 g/mol. The summed E-state index contributed by atoms with van der Waals surface area (Å²) in [5, 5.41) is 12.5. The van der Waals surface area contributed by atoms with Crippen molar-refractivity contribution in [3.8, 4) is 11.1 Å². The second-order valence-corrected chi connectivity index (χ2v) is 11.8. The number of fused-ring (bicyclic) bond motifs is 7. The summed E-state index contributed by atoms with van der Waals surface area (Å²) < 4.78 is 0. The molecular weight excluding hydrogens is 542 g/mol. The molecule has 9 aromatic rings. The molecule has 9 rings (SSSR count). The molecule has 0 unspecified atom stereocenters. The number of hydrogen-bond acceptors (Lipinski definition) is 1. The van der Waals surface area contributed by atoms with Gasteiger partial charge in [0.15, 0.2) is 0 Å². The Labute approximate surface area is 262 Å². The number of anilines is 3. The van der Waals surface area contributed by atoms with Crippen molar-refractivity contribution in [3.05, 3.63) is 176 Å². The van der Waals surface area contributed by atoms with E-state index in [9.17, 15) is 0 Å². The van der Waals surface area contributed by atoms with E-state index in [-0.39, 0.29) is 0 Å². The number of nitrogens with zero attached hydrogens (tertiary/aromatic N) is 1. The van der Waals surface area contributed by atoms with Crippen LogP contribution in [0.2, 0.25) is 0 Å². The van der Waals surface area contributed by atoms with Gasteiger partial charge in [-0.15, -0.1) is 0 Å². The van der Waals surface area contributed by atoms with Crippen LogP contribution in [-0.4, -0.2) is 0 Å². The normalized spacial score (nSPS) is 11.6. The second-order valence-electron chi connectivity index (χ2n) is 11.8. The Morgan fingerprint density at radius 2 is 0.689 bits per heavy atom. The minimum Gasteiger partial charge on any atom is -0.309 e. The first-order valence-electron chi connectivity index (χ1n) is 15.5. The Hall–Kier alpha value is -5.92. The predicted octanol–water partition coefficient (Wildman–Crippen LogP) is 12.6. The Kier molecular flexibility index (Phi) is 5.89. The second kappa shape index (κ2) is 10.4. The zero-order valence-corrected chi connectivity index (χ0v) is 24.7. The van der Waals surface area contributed by atoms with Crippen LogP contribution in [0.25, 0.3) is 65.0 Å². The lowest BCUT2D eigenvalue weighted by molar-refractivity contribution is 1.32. The Balaban J connectivity index is 1.32. The quantitative estimate of drug-likeness (QED) is 0.190. The van der Waals surface area contributed by atoms with Gasteiger partial charge in [0.05, 0.1) is 11.4 Å². The molecule has 0 saturated heterocycles. The van der Waals surface area contributed by atoms with E-state index in [0.717, 1.165) is 5.69 Å². The lowest BCUT2D eigenvalue weighted by atomic mass is 9.96. The van der Waals surface area contributed by atoms with E-state index in [1.165, 1.54) is 76.4 Å². The maximum atomic E-state index is 2.47. The van der Waals surface area contributed by atoms with Crippen molar-refractivity contribution in [2.24, 2.45) is 0 Å². The van der Waals surface area contributed by atoms with Gasteiger partial charge in [0.1, 0.15) is 0 Å². The van der Waals surface area contributed by atoms with Crippen molar-refractivity contribution in [3.63, 3.8) is 0 Å². The maximum absolute atomic E-state index is 2.47. The summed E-state index contributed by atoms with van der Waals surface area (Å²) in [4.78, 5) is 2.47. The summed E-state index contributed by atoms with van der Waals surface area (Å²) in [5.74, 6) is 0. The molecule has 1 nitrogen and oxygen atoms in total. The van der Waals surface area contributed by atoms with Gasteiger partial charge in [-0.2, -0.15) is 0 Å². The third-order valence-electron chi connectivity index (χ3n) is 9.18. The van der Waals surface area contributed by atoms with Crippen molar-refractivity contribution in [1.82, 2.24) is 0 Å². The maximum Gasteiger partial charge on any atom is 0.0546 e. The first kappa shape index (κ1) is 25.6. The highest BCUT2D eigenvalue weighted by Gasteiger charge is 2.20. The van der Waals surface area contributed by atoms with Crippen molar-refractivity contribution in [2.75, 3.05) is 4.90 Å². The lowest BCUT2D eigenvalue weighted by Crippen LogP contribution is -2.11. The molecule has 45 heavy (non-hydrogen) atoms. The van der Waals surface area contributed by atoms with Crippen LogP contribution in [0, 0.1) is 0 Å². The zero-order chi connectivity index (χ0) is 29.7. The minimum atomic E-state index is 1.13. The fourth-order valence-electron chi connectivity index (χ4n) is 7.02. The van der Waals surface area contributed by atoms with Gasteiger partial charge in [-0.05, 0) is 84.5 Å². The van der Waals surface area contributed by atoms with Gasteiger partial charge in [0, 0.05) is 16.5 Å². The summed E-state index contributed by atoms with van der Waals surface area (Å²) in [7, 11) is 0. The fraction of sp³-hybridized carbons (Fsp3) is 0. The van der Waals surface area contributed by atoms with Gasteiger partial charge in [-0.3, -0.25) is 0 Å².